The standard InChI is InChI=1S/C19H18N4O3S/c24-19(21-17-5-1-2-6-18(17)22-12-3-11-20-22)15-7-9-16(10-8-15)23-13-4-14-27(23,25)26/h1-3,5-12H,4,13-14H2,(H,21,24). The third kappa shape index (κ3) is 3.43. The lowest BCUT2D eigenvalue weighted by molar-refractivity contribution is 0.102. The molecule has 2 heterocycles. The lowest BCUT2D eigenvalue weighted by Crippen LogP contribution is -2.25. The second kappa shape index (κ2) is 6.88. The molecule has 0 atom stereocenters. The average molecular weight is 382 g/mol. The van der Waals surface area contributed by atoms with E-state index in [-0.39, 0.29) is 11.7 Å². The van der Waals surface area contributed by atoms with Crippen molar-refractivity contribution in [1.29, 1.82) is 0 Å². The van der Waals surface area contributed by atoms with Crippen LogP contribution < -0.4 is 9.62 Å². The smallest absolute Gasteiger partial charge is 0.255 e. The van der Waals surface area contributed by atoms with Crippen LogP contribution >= 0.6 is 0 Å². The molecule has 1 aromatic heterocycles. The van der Waals surface area contributed by atoms with Crippen molar-refractivity contribution in [2.24, 2.45) is 0 Å². The lowest BCUT2D eigenvalue weighted by atomic mass is 10.1. The third-order valence-corrected chi connectivity index (χ3v) is 6.29. The molecule has 0 bridgehead atoms. The molecule has 27 heavy (non-hydrogen) atoms. The molecule has 0 spiro atoms. The summed E-state index contributed by atoms with van der Waals surface area (Å²) >= 11 is 0. The van der Waals surface area contributed by atoms with Crippen molar-refractivity contribution in [3.8, 4) is 5.69 Å². The topological polar surface area (TPSA) is 84.3 Å². The Labute approximate surface area is 157 Å². The van der Waals surface area contributed by atoms with E-state index in [4.69, 9.17) is 0 Å². The Kier molecular flexibility index (Phi) is 4.41. The summed E-state index contributed by atoms with van der Waals surface area (Å²) in [6.45, 7) is 0.477. The number of anilines is 2. The number of hydrogen-bond donors (Lipinski definition) is 1. The monoisotopic (exact) mass is 382 g/mol. The predicted octanol–water partition coefficient (Wildman–Crippen LogP) is 2.66. The highest BCUT2D eigenvalue weighted by atomic mass is 32.2. The number of sulfonamides is 1. The molecule has 2 aromatic carbocycles. The number of carbonyl (C=O) groups is 1. The van der Waals surface area contributed by atoms with Gasteiger partial charge >= 0.3 is 0 Å². The van der Waals surface area contributed by atoms with Crippen LogP contribution in [0.2, 0.25) is 0 Å². The van der Waals surface area contributed by atoms with Gasteiger partial charge in [0, 0.05) is 24.5 Å². The molecule has 3 aromatic rings. The zero-order chi connectivity index (χ0) is 18.9. The molecule has 1 N–H and O–H groups in total. The summed E-state index contributed by atoms with van der Waals surface area (Å²) in [5, 5.41) is 7.09. The molecular formula is C19H18N4O3S. The average Bonchev–Trinajstić information content (AvgIpc) is 3.31. The highest BCUT2D eigenvalue weighted by Crippen LogP contribution is 2.25. The molecule has 1 fully saturated rings. The van der Waals surface area contributed by atoms with E-state index >= 15 is 0 Å². The van der Waals surface area contributed by atoms with E-state index in [0.29, 0.717) is 29.9 Å². The Balaban J connectivity index is 1.55. The molecule has 8 heteroatoms. The maximum absolute atomic E-state index is 12.6. The summed E-state index contributed by atoms with van der Waals surface area (Å²) in [5.74, 6) is -0.107. The summed E-state index contributed by atoms with van der Waals surface area (Å²) in [7, 11) is -3.23. The van der Waals surface area contributed by atoms with Crippen LogP contribution in [0.1, 0.15) is 16.8 Å². The first kappa shape index (κ1) is 17.3. The van der Waals surface area contributed by atoms with Gasteiger partial charge in [0.1, 0.15) is 0 Å². The Morgan fingerprint density at radius 2 is 1.81 bits per heavy atom. The van der Waals surface area contributed by atoms with Crippen LogP contribution in [-0.2, 0) is 10.0 Å². The van der Waals surface area contributed by atoms with Gasteiger partial charge in [-0.3, -0.25) is 9.10 Å². The first-order valence-electron chi connectivity index (χ1n) is 8.55. The van der Waals surface area contributed by atoms with Crippen LogP contribution in [0, 0.1) is 0 Å². The molecule has 0 saturated carbocycles. The van der Waals surface area contributed by atoms with Crippen LogP contribution in [0.5, 0.6) is 0 Å². The predicted molar refractivity (Wildman–Crippen MR) is 104 cm³/mol. The van der Waals surface area contributed by atoms with Gasteiger partial charge in [0.15, 0.2) is 0 Å². The van der Waals surface area contributed by atoms with Crippen molar-refractivity contribution >= 4 is 27.3 Å². The van der Waals surface area contributed by atoms with Gasteiger partial charge < -0.3 is 5.32 Å². The van der Waals surface area contributed by atoms with E-state index in [1.165, 1.54) is 4.31 Å². The molecule has 0 unspecified atom stereocenters. The van der Waals surface area contributed by atoms with Crippen LogP contribution in [0.3, 0.4) is 0 Å². The molecule has 1 amide bonds. The SMILES string of the molecule is O=C(Nc1ccccc1-n1cccn1)c1ccc(N2CCCS2(=O)=O)cc1. The lowest BCUT2D eigenvalue weighted by Gasteiger charge is -2.17. The molecule has 0 radical (unpaired) electrons. The zero-order valence-corrected chi connectivity index (χ0v) is 15.3. The summed E-state index contributed by atoms with van der Waals surface area (Å²) in [4.78, 5) is 12.6. The first-order chi connectivity index (χ1) is 13.0. The van der Waals surface area contributed by atoms with Crippen molar-refractivity contribution in [2.75, 3.05) is 21.9 Å². The van der Waals surface area contributed by atoms with Gasteiger partial charge in [-0.1, -0.05) is 12.1 Å². The number of nitrogens with zero attached hydrogens (tertiary/aromatic N) is 3. The molecule has 4 rings (SSSR count). The van der Waals surface area contributed by atoms with Gasteiger partial charge in [0.25, 0.3) is 5.91 Å². The second-order valence-electron chi connectivity index (χ2n) is 6.21. The number of nitrogens with one attached hydrogen (secondary N) is 1. The van der Waals surface area contributed by atoms with Gasteiger partial charge in [-0.25, -0.2) is 13.1 Å². The van der Waals surface area contributed by atoms with Gasteiger partial charge in [-0.05, 0) is 48.9 Å². The van der Waals surface area contributed by atoms with Crippen LogP contribution in [0.25, 0.3) is 5.69 Å². The summed E-state index contributed by atoms with van der Waals surface area (Å²) in [6, 6.07) is 15.8. The van der Waals surface area contributed by atoms with Crippen molar-refractivity contribution < 1.29 is 13.2 Å². The molecule has 7 nitrogen and oxygen atoms in total. The number of amides is 1. The number of carbonyl (C=O) groups excluding carboxylic acids is 1. The van der Waals surface area contributed by atoms with Crippen molar-refractivity contribution in [3.63, 3.8) is 0 Å². The number of rotatable bonds is 4. The maximum Gasteiger partial charge on any atom is 0.255 e. The highest BCUT2D eigenvalue weighted by molar-refractivity contribution is 7.93. The van der Waals surface area contributed by atoms with Crippen molar-refractivity contribution in [2.45, 2.75) is 6.42 Å². The third-order valence-electron chi connectivity index (χ3n) is 4.42. The Morgan fingerprint density at radius 3 is 2.48 bits per heavy atom. The largest absolute Gasteiger partial charge is 0.320 e. The number of para-hydroxylation sites is 2. The summed E-state index contributed by atoms with van der Waals surface area (Å²) in [5.41, 5.74) is 2.43. The Hall–Kier alpha value is -3.13. The second-order valence-corrected chi connectivity index (χ2v) is 8.22. The first-order valence-corrected chi connectivity index (χ1v) is 10.2. The summed E-state index contributed by atoms with van der Waals surface area (Å²) in [6.07, 6.45) is 4.09. The fourth-order valence-electron chi connectivity index (χ4n) is 3.09. The van der Waals surface area contributed by atoms with Crippen molar-refractivity contribution in [1.82, 2.24) is 9.78 Å². The Bertz CT molecular complexity index is 1060. The van der Waals surface area contributed by atoms with Crippen molar-refractivity contribution in [3.05, 3.63) is 72.6 Å². The van der Waals surface area contributed by atoms with E-state index in [1.807, 2.05) is 24.3 Å². The van der Waals surface area contributed by atoms with E-state index in [0.717, 1.165) is 5.69 Å². The minimum absolute atomic E-state index is 0.166. The van der Waals surface area contributed by atoms with Gasteiger partial charge in [0.05, 0.1) is 22.8 Å². The van der Waals surface area contributed by atoms with E-state index < -0.39 is 10.0 Å². The van der Waals surface area contributed by atoms with Crippen LogP contribution in [-0.4, -0.2) is 36.4 Å². The molecule has 0 aliphatic carbocycles. The van der Waals surface area contributed by atoms with E-state index in [9.17, 15) is 13.2 Å². The molecule has 1 aliphatic rings. The summed E-state index contributed by atoms with van der Waals surface area (Å²) < 4.78 is 27.1. The number of hydrogen-bond acceptors (Lipinski definition) is 4. The maximum atomic E-state index is 12.6. The number of aromatic nitrogens is 2. The molecule has 1 aliphatic heterocycles. The van der Waals surface area contributed by atoms with Gasteiger partial charge in [-0.2, -0.15) is 5.10 Å². The fourth-order valence-corrected chi connectivity index (χ4v) is 4.66. The number of benzene rings is 2. The van der Waals surface area contributed by atoms with Crippen LogP contribution in [0.15, 0.2) is 67.0 Å². The van der Waals surface area contributed by atoms with E-state index in [1.54, 1.807) is 47.4 Å². The molecule has 1 saturated heterocycles. The normalized spacial score (nSPS) is 15.6. The molecular weight excluding hydrogens is 364 g/mol. The van der Waals surface area contributed by atoms with E-state index in [2.05, 4.69) is 10.4 Å². The fraction of sp³-hybridized carbons (Fsp3) is 0.158. The van der Waals surface area contributed by atoms with Crippen LogP contribution in [0.4, 0.5) is 11.4 Å². The zero-order valence-electron chi connectivity index (χ0n) is 14.4. The highest BCUT2D eigenvalue weighted by Gasteiger charge is 2.28. The Morgan fingerprint density at radius 1 is 1.04 bits per heavy atom. The van der Waals surface area contributed by atoms with Gasteiger partial charge in [-0.15, -0.1) is 0 Å². The van der Waals surface area contributed by atoms with Gasteiger partial charge in [0.2, 0.25) is 10.0 Å². The molecule has 138 valence electrons. The quantitative estimate of drug-likeness (QED) is 0.752. The minimum atomic E-state index is -3.23. The minimum Gasteiger partial charge on any atom is -0.320 e.